The number of hydrogen-bond donors (Lipinski definition) is 0. The SMILES string of the molecule is C=CCP(=O)(OCC)OCCCCCC. The van der Waals surface area contributed by atoms with Gasteiger partial charge in [-0.3, -0.25) is 4.57 Å². The molecule has 0 saturated carbocycles. The van der Waals surface area contributed by atoms with E-state index in [1.54, 1.807) is 6.08 Å². The summed E-state index contributed by atoms with van der Waals surface area (Å²) in [6.07, 6.45) is 6.34. The van der Waals surface area contributed by atoms with Gasteiger partial charge in [0.15, 0.2) is 0 Å². The Hall–Kier alpha value is -0.110. The van der Waals surface area contributed by atoms with Gasteiger partial charge in [0.05, 0.1) is 19.4 Å². The second-order valence-electron chi connectivity index (χ2n) is 3.39. The Balaban J connectivity index is 3.75. The predicted molar refractivity (Wildman–Crippen MR) is 64.4 cm³/mol. The zero-order valence-electron chi connectivity index (χ0n) is 9.91. The molecule has 1 unspecified atom stereocenters. The molecule has 4 heteroatoms. The lowest BCUT2D eigenvalue weighted by atomic mass is 10.2. The van der Waals surface area contributed by atoms with E-state index in [0.29, 0.717) is 19.4 Å². The van der Waals surface area contributed by atoms with E-state index < -0.39 is 7.60 Å². The smallest absolute Gasteiger partial charge is 0.309 e. The van der Waals surface area contributed by atoms with Crippen LogP contribution in [0.15, 0.2) is 12.7 Å². The van der Waals surface area contributed by atoms with Gasteiger partial charge < -0.3 is 9.05 Å². The summed E-state index contributed by atoms with van der Waals surface area (Å²) in [5.74, 6) is 0. The highest BCUT2D eigenvalue weighted by Gasteiger charge is 2.21. The summed E-state index contributed by atoms with van der Waals surface area (Å²) < 4.78 is 22.4. The quantitative estimate of drug-likeness (QED) is 0.325. The van der Waals surface area contributed by atoms with Crippen molar-refractivity contribution >= 4 is 7.60 Å². The van der Waals surface area contributed by atoms with Crippen molar-refractivity contribution in [1.82, 2.24) is 0 Å². The van der Waals surface area contributed by atoms with Gasteiger partial charge in [0.25, 0.3) is 0 Å². The van der Waals surface area contributed by atoms with Crippen molar-refractivity contribution in [3.8, 4) is 0 Å². The molecule has 0 fully saturated rings. The highest BCUT2D eigenvalue weighted by molar-refractivity contribution is 7.54. The predicted octanol–water partition coefficient (Wildman–Crippen LogP) is 4.00. The first-order valence-electron chi connectivity index (χ1n) is 5.67. The van der Waals surface area contributed by atoms with Crippen LogP contribution in [0.3, 0.4) is 0 Å². The Bertz CT molecular complexity index is 204. The average Bonchev–Trinajstić information content (AvgIpc) is 2.18. The van der Waals surface area contributed by atoms with Gasteiger partial charge in [-0.15, -0.1) is 6.58 Å². The molecule has 0 amide bonds. The normalized spacial score (nSPS) is 14.8. The van der Waals surface area contributed by atoms with Crippen LogP contribution in [0.5, 0.6) is 0 Å². The number of hydrogen-bond acceptors (Lipinski definition) is 3. The lowest BCUT2D eigenvalue weighted by Gasteiger charge is -2.15. The molecule has 0 aromatic heterocycles. The van der Waals surface area contributed by atoms with E-state index in [4.69, 9.17) is 9.05 Å². The van der Waals surface area contributed by atoms with Gasteiger partial charge in [-0.25, -0.2) is 0 Å². The standard InChI is InChI=1S/C11H23O3P/c1-4-7-8-9-10-14-15(12,11-5-2)13-6-3/h5H,2,4,6-11H2,1,3H3. The molecule has 0 aliphatic carbocycles. The molecule has 15 heavy (non-hydrogen) atoms. The molecular formula is C11H23O3P. The summed E-state index contributed by atoms with van der Waals surface area (Å²) >= 11 is 0. The van der Waals surface area contributed by atoms with Crippen molar-refractivity contribution in [3.05, 3.63) is 12.7 Å². The minimum Gasteiger partial charge on any atom is -0.309 e. The first-order chi connectivity index (χ1) is 7.18. The van der Waals surface area contributed by atoms with Crippen LogP contribution in [0.25, 0.3) is 0 Å². The third-order valence-electron chi connectivity index (χ3n) is 1.96. The Kier molecular flexibility index (Phi) is 9.07. The summed E-state index contributed by atoms with van der Waals surface area (Å²) in [5.41, 5.74) is 0. The van der Waals surface area contributed by atoms with Crippen LogP contribution in [-0.4, -0.2) is 19.4 Å². The topological polar surface area (TPSA) is 35.5 Å². The lowest BCUT2D eigenvalue weighted by Crippen LogP contribution is -2.00. The molecule has 0 heterocycles. The van der Waals surface area contributed by atoms with Gasteiger partial charge in [-0.1, -0.05) is 32.3 Å². The van der Waals surface area contributed by atoms with Crippen LogP contribution in [0.2, 0.25) is 0 Å². The maximum atomic E-state index is 11.9. The fraction of sp³-hybridized carbons (Fsp3) is 0.818. The second kappa shape index (κ2) is 9.14. The molecule has 0 rings (SSSR count). The van der Waals surface area contributed by atoms with E-state index in [2.05, 4.69) is 13.5 Å². The zero-order valence-corrected chi connectivity index (χ0v) is 10.8. The van der Waals surface area contributed by atoms with Crippen LogP contribution < -0.4 is 0 Å². The van der Waals surface area contributed by atoms with Gasteiger partial charge in [-0.05, 0) is 13.3 Å². The zero-order chi connectivity index (χ0) is 11.6. The van der Waals surface area contributed by atoms with Gasteiger partial charge in [0.2, 0.25) is 0 Å². The van der Waals surface area contributed by atoms with E-state index in [9.17, 15) is 4.57 Å². The Morgan fingerprint density at radius 3 is 2.47 bits per heavy atom. The summed E-state index contributed by atoms with van der Waals surface area (Å²) in [5, 5.41) is 0. The first-order valence-corrected chi connectivity index (χ1v) is 7.40. The van der Waals surface area contributed by atoms with Crippen LogP contribution >= 0.6 is 7.60 Å². The highest BCUT2D eigenvalue weighted by atomic mass is 31.2. The monoisotopic (exact) mass is 234 g/mol. The molecule has 0 aliphatic rings. The molecule has 0 bridgehead atoms. The van der Waals surface area contributed by atoms with Gasteiger partial charge in [0, 0.05) is 0 Å². The van der Waals surface area contributed by atoms with E-state index in [0.717, 1.165) is 12.8 Å². The van der Waals surface area contributed by atoms with E-state index in [1.807, 2.05) is 6.92 Å². The van der Waals surface area contributed by atoms with Crippen molar-refractivity contribution in [3.63, 3.8) is 0 Å². The van der Waals surface area contributed by atoms with E-state index in [1.165, 1.54) is 12.8 Å². The molecule has 90 valence electrons. The second-order valence-corrected chi connectivity index (χ2v) is 5.50. The summed E-state index contributed by atoms with van der Waals surface area (Å²) in [6, 6.07) is 0. The summed E-state index contributed by atoms with van der Waals surface area (Å²) in [6.45, 7) is 8.46. The van der Waals surface area contributed by atoms with Crippen LogP contribution in [-0.2, 0) is 13.6 Å². The molecule has 0 aromatic carbocycles. The number of unbranched alkanes of at least 4 members (excludes halogenated alkanes) is 3. The highest BCUT2D eigenvalue weighted by Crippen LogP contribution is 2.48. The van der Waals surface area contributed by atoms with Crippen molar-refractivity contribution < 1.29 is 13.6 Å². The van der Waals surface area contributed by atoms with Crippen molar-refractivity contribution in [2.45, 2.75) is 39.5 Å². The van der Waals surface area contributed by atoms with Crippen LogP contribution in [0, 0.1) is 0 Å². The largest absolute Gasteiger partial charge is 0.334 e. The van der Waals surface area contributed by atoms with Crippen molar-refractivity contribution in [2.24, 2.45) is 0 Å². The maximum absolute atomic E-state index is 11.9. The fourth-order valence-electron chi connectivity index (χ4n) is 1.23. The first kappa shape index (κ1) is 14.9. The molecule has 0 aliphatic heterocycles. The van der Waals surface area contributed by atoms with E-state index >= 15 is 0 Å². The van der Waals surface area contributed by atoms with Crippen molar-refractivity contribution in [2.75, 3.05) is 19.4 Å². The Morgan fingerprint density at radius 2 is 1.93 bits per heavy atom. The Morgan fingerprint density at radius 1 is 1.20 bits per heavy atom. The number of allylic oxidation sites excluding steroid dienone is 1. The van der Waals surface area contributed by atoms with Crippen LogP contribution in [0.1, 0.15) is 39.5 Å². The fourth-order valence-corrected chi connectivity index (χ4v) is 2.63. The average molecular weight is 234 g/mol. The maximum Gasteiger partial charge on any atom is 0.334 e. The third kappa shape index (κ3) is 7.78. The van der Waals surface area contributed by atoms with Gasteiger partial charge in [0.1, 0.15) is 0 Å². The van der Waals surface area contributed by atoms with Gasteiger partial charge in [-0.2, -0.15) is 0 Å². The Labute approximate surface area is 93.4 Å². The molecule has 0 spiro atoms. The molecule has 3 nitrogen and oxygen atoms in total. The molecule has 0 saturated heterocycles. The molecule has 0 aromatic rings. The molecule has 1 atom stereocenters. The molecular weight excluding hydrogens is 211 g/mol. The number of rotatable bonds is 10. The minimum absolute atomic E-state index is 0.300. The minimum atomic E-state index is -2.89. The summed E-state index contributed by atoms with van der Waals surface area (Å²) in [7, 11) is -2.89. The molecule has 0 radical (unpaired) electrons. The lowest BCUT2D eigenvalue weighted by molar-refractivity contribution is 0.210. The summed E-state index contributed by atoms with van der Waals surface area (Å²) in [4.78, 5) is 0. The third-order valence-corrected chi connectivity index (χ3v) is 3.90. The van der Waals surface area contributed by atoms with Crippen LogP contribution in [0.4, 0.5) is 0 Å². The van der Waals surface area contributed by atoms with Crippen molar-refractivity contribution in [1.29, 1.82) is 0 Å². The van der Waals surface area contributed by atoms with E-state index in [-0.39, 0.29) is 0 Å². The van der Waals surface area contributed by atoms with Gasteiger partial charge >= 0.3 is 7.60 Å². The molecule has 0 N–H and O–H groups in total.